The molecule has 0 saturated carbocycles. The molecule has 1 aliphatic heterocycles. The summed E-state index contributed by atoms with van der Waals surface area (Å²) in [7, 11) is 1.73. The Morgan fingerprint density at radius 3 is 3.00 bits per heavy atom. The van der Waals surface area contributed by atoms with E-state index >= 15 is 0 Å². The quantitative estimate of drug-likeness (QED) is 0.704. The van der Waals surface area contributed by atoms with Gasteiger partial charge in [0.15, 0.2) is 0 Å². The molecule has 0 bridgehead atoms. The third-order valence-electron chi connectivity index (χ3n) is 3.55. The highest BCUT2D eigenvalue weighted by atomic mass is 16.5. The van der Waals surface area contributed by atoms with Crippen molar-refractivity contribution in [2.75, 3.05) is 26.2 Å². The van der Waals surface area contributed by atoms with Crippen LogP contribution in [-0.4, -0.2) is 64.0 Å². The molecular formula is C13H20N4O4. The Kier molecular flexibility index (Phi) is 4.92. The summed E-state index contributed by atoms with van der Waals surface area (Å²) in [4.78, 5) is 25.0. The number of piperazine rings is 1. The molecule has 0 aromatic carbocycles. The van der Waals surface area contributed by atoms with Crippen LogP contribution < -0.4 is 5.32 Å². The Hall–Kier alpha value is -1.93. The van der Waals surface area contributed by atoms with Crippen LogP contribution in [0.2, 0.25) is 0 Å². The first kappa shape index (κ1) is 15.5. The standard InChI is InChI=1S/C13H20N4O4/c1-3-21-13(20)9-6-15-16(2)11(9)8-17-5-4-14-7-10(17)12(18)19/h6,10,14H,3-5,7-8H2,1-2H3,(H,18,19). The molecule has 0 spiro atoms. The molecule has 0 amide bonds. The maximum atomic E-state index is 11.9. The molecule has 1 unspecified atom stereocenters. The summed E-state index contributed by atoms with van der Waals surface area (Å²) >= 11 is 0. The highest BCUT2D eigenvalue weighted by Gasteiger charge is 2.30. The van der Waals surface area contributed by atoms with Crippen molar-refractivity contribution in [1.82, 2.24) is 20.0 Å². The molecule has 2 rings (SSSR count). The van der Waals surface area contributed by atoms with Crippen molar-refractivity contribution in [3.05, 3.63) is 17.5 Å². The van der Waals surface area contributed by atoms with E-state index in [0.717, 1.165) is 6.54 Å². The number of carbonyl (C=O) groups is 2. The van der Waals surface area contributed by atoms with Gasteiger partial charge < -0.3 is 15.2 Å². The third kappa shape index (κ3) is 3.40. The van der Waals surface area contributed by atoms with Gasteiger partial charge in [-0.05, 0) is 6.92 Å². The highest BCUT2D eigenvalue weighted by Crippen LogP contribution is 2.15. The van der Waals surface area contributed by atoms with Crippen molar-refractivity contribution in [1.29, 1.82) is 0 Å². The number of carboxylic acids is 1. The fourth-order valence-corrected chi connectivity index (χ4v) is 2.40. The number of hydrogen-bond donors (Lipinski definition) is 2. The van der Waals surface area contributed by atoms with Gasteiger partial charge in [-0.1, -0.05) is 0 Å². The highest BCUT2D eigenvalue weighted by molar-refractivity contribution is 5.90. The van der Waals surface area contributed by atoms with Crippen molar-refractivity contribution >= 4 is 11.9 Å². The average Bonchev–Trinajstić information content (AvgIpc) is 2.81. The number of ether oxygens (including phenoxy) is 1. The van der Waals surface area contributed by atoms with E-state index in [4.69, 9.17) is 4.74 Å². The van der Waals surface area contributed by atoms with Gasteiger partial charge >= 0.3 is 11.9 Å². The Balaban J connectivity index is 2.20. The zero-order chi connectivity index (χ0) is 15.4. The summed E-state index contributed by atoms with van der Waals surface area (Å²) in [5, 5.41) is 16.4. The number of nitrogens with zero attached hydrogens (tertiary/aromatic N) is 3. The van der Waals surface area contributed by atoms with Crippen LogP contribution in [0.3, 0.4) is 0 Å². The van der Waals surface area contributed by atoms with E-state index in [1.54, 1.807) is 18.7 Å². The molecule has 116 valence electrons. The van der Waals surface area contributed by atoms with Crippen LogP contribution in [0, 0.1) is 0 Å². The summed E-state index contributed by atoms with van der Waals surface area (Å²) < 4.78 is 6.60. The fraction of sp³-hybridized carbons (Fsp3) is 0.615. The molecule has 1 atom stereocenters. The van der Waals surface area contributed by atoms with Gasteiger partial charge in [-0.15, -0.1) is 0 Å². The zero-order valence-corrected chi connectivity index (χ0v) is 12.2. The number of aliphatic carboxylic acids is 1. The normalized spacial score (nSPS) is 19.4. The van der Waals surface area contributed by atoms with Crippen molar-refractivity contribution in [3.63, 3.8) is 0 Å². The second-order valence-electron chi connectivity index (χ2n) is 4.88. The van der Waals surface area contributed by atoms with Crippen molar-refractivity contribution < 1.29 is 19.4 Å². The smallest absolute Gasteiger partial charge is 0.341 e. The molecule has 1 saturated heterocycles. The molecule has 8 nitrogen and oxygen atoms in total. The lowest BCUT2D eigenvalue weighted by Crippen LogP contribution is -2.54. The van der Waals surface area contributed by atoms with Gasteiger partial charge in [0, 0.05) is 33.2 Å². The minimum Gasteiger partial charge on any atom is -0.480 e. The lowest BCUT2D eigenvalue weighted by Gasteiger charge is -2.33. The van der Waals surface area contributed by atoms with Crippen molar-refractivity contribution in [2.24, 2.45) is 7.05 Å². The average molecular weight is 296 g/mol. The number of aromatic nitrogens is 2. The summed E-state index contributed by atoms with van der Waals surface area (Å²) in [6, 6.07) is -0.608. The monoisotopic (exact) mass is 296 g/mol. The number of hydrogen-bond acceptors (Lipinski definition) is 6. The van der Waals surface area contributed by atoms with Gasteiger partial charge in [-0.3, -0.25) is 14.4 Å². The maximum Gasteiger partial charge on any atom is 0.341 e. The van der Waals surface area contributed by atoms with Gasteiger partial charge in [-0.2, -0.15) is 5.10 Å². The van der Waals surface area contributed by atoms with Crippen LogP contribution in [0.25, 0.3) is 0 Å². The summed E-state index contributed by atoms with van der Waals surface area (Å²) in [5.74, 6) is -1.30. The second-order valence-corrected chi connectivity index (χ2v) is 4.88. The summed E-state index contributed by atoms with van der Waals surface area (Å²) in [6.45, 7) is 4.09. The predicted molar refractivity (Wildman–Crippen MR) is 73.9 cm³/mol. The number of carbonyl (C=O) groups excluding carboxylic acids is 1. The molecule has 2 N–H and O–H groups in total. The Bertz CT molecular complexity index is 528. The SMILES string of the molecule is CCOC(=O)c1cnn(C)c1CN1CCNCC1C(=O)O. The van der Waals surface area contributed by atoms with Crippen LogP contribution in [0.15, 0.2) is 6.20 Å². The topological polar surface area (TPSA) is 96.7 Å². The first-order valence-electron chi connectivity index (χ1n) is 6.90. The Morgan fingerprint density at radius 1 is 1.57 bits per heavy atom. The van der Waals surface area contributed by atoms with E-state index in [2.05, 4.69) is 10.4 Å². The number of nitrogens with one attached hydrogen (secondary N) is 1. The first-order chi connectivity index (χ1) is 10.0. The van der Waals surface area contributed by atoms with Crippen LogP contribution in [0.1, 0.15) is 23.0 Å². The summed E-state index contributed by atoms with van der Waals surface area (Å²) in [5.41, 5.74) is 1.06. The fourth-order valence-electron chi connectivity index (χ4n) is 2.40. The molecule has 0 aliphatic carbocycles. The lowest BCUT2D eigenvalue weighted by atomic mass is 10.1. The van der Waals surface area contributed by atoms with Crippen molar-refractivity contribution in [2.45, 2.75) is 19.5 Å². The second kappa shape index (κ2) is 6.68. The Labute approximate surface area is 122 Å². The van der Waals surface area contributed by atoms with E-state index in [1.807, 2.05) is 4.90 Å². The molecule has 2 heterocycles. The van der Waals surface area contributed by atoms with Gasteiger partial charge in [-0.25, -0.2) is 4.79 Å². The number of aryl methyl sites for hydroxylation is 1. The molecule has 1 aromatic heterocycles. The molecule has 1 aliphatic rings. The number of carboxylic acid groups (broad SMARTS) is 1. The van der Waals surface area contributed by atoms with Crippen LogP contribution in [0.4, 0.5) is 0 Å². The molecular weight excluding hydrogens is 276 g/mol. The molecule has 0 radical (unpaired) electrons. The number of rotatable bonds is 5. The van der Waals surface area contributed by atoms with E-state index in [-0.39, 0.29) is 0 Å². The van der Waals surface area contributed by atoms with Gasteiger partial charge in [0.1, 0.15) is 11.6 Å². The largest absolute Gasteiger partial charge is 0.480 e. The molecule has 8 heteroatoms. The Morgan fingerprint density at radius 2 is 2.33 bits per heavy atom. The van der Waals surface area contributed by atoms with Crippen LogP contribution in [0.5, 0.6) is 0 Å². The van der Waals surface area contributed by atoms with Gasteiger partial charge in [0.25, 0.3) is 0 Å². The van der Waals surface area contributed by atoms with Crippen molar-refractivity contribution in [3.8, 4) is 0 Å². The van der Waals surface area contributed by atoms with Gasteiger partial charge in [0.2, 0.25) is 0 Å². The lowest BCUT2D eigenvalue weighted by molar-refractivity contribution is -0.144. The maximum absolute atomic E-state index is 11.9. The molecule has 1 aromatic rings. The molecule has 1 fully saturated rings. The van der Waals surface area contributed by atoms with E-state index in [0.29, 0.717) is 37.5 Å². The zero-order valence-electron chi connectivity index (χ0n) is 12.2. The van der Waals surface area contributed by atoms with Crippen LogP contribution in [-0.2, 0) is 23.1 Å². The van der Waals surface area contributed by atoms with E-state index < -0.39 is 18.0 Å². The molecule has 21 heavy (non-hydrogen) atoms. The number of esters is 1. The minimum atomic E-state index is -0.873. The predicted octanol–water partition coefficient (Wildman–Crippen LogP) is -0.545. The minimum absolute atomic E-state index is 0.290. The van der Waals surface area contributed by atoms with Crippen LogP contribution >= 0.6 is 0 Å². The van der Waals surface area contributed by atoms with Gasteiger partial charge in [0.05, 0.1) is 18.5 Å². The summed E-state index contributed by atoms with van der Waals surface area (Å²) in [6.07, 6.45) is 1.46. The first-order valence-corrected chi connectivity index (χ1v) is 6.90. The van der Waals surface area contributed by atoms with E-state index in [9.17, 15) is 14.7 Å². The third-order valence-corrected chi connectivity index (χ3v) is 3.55. The van der Waals surface area contributed by atoms with E-state index in [1.165, 1.54) is 6.20 Å².